The predicted octanol–water partition coefficient (Wildman–Crippen LogP) is 7.93. The van der Waals surface area contributed by atoms with Gasteiger partial charge in [-0.3, -0.25) is 28.2 Å². The van der Waals surface area contributed by atoms with Crippen molar-refractivity contribution in [2.24, 2.45) is 0 Å². The molecule has 3 aliphatic rings. The molecule has 101 heavy (non-hydrogen) atoms. The van der Waals surface area contributed by atoms with E-state index in [2.05, 4.69) is 31.2 Å². The number of H-pyrrole nitrogens is 2. The number of esters is 4. The number of carbonyl (C=O) groups is 8. The Morgan fingerprint density at radius 2 is 0.752 bits per heavy atom. The first-order chi connectivity index (χ1) is 48.7. The fourth-order valence-corrected chi connectivity index (χ4v) is 13.0. The van der Waals surface area contributed by atoms with Crippen LogP contribution in [0, 0.1) is 0 Å². The molecule has 11 rings (SSSR count). The van der Waals surface area contributed by atoms with Crippen LogP contribution in [0.5, 0.6) is 23.0 Å². The van der Waals surface area contributed by atoms with Crippen molar-refractivity contribution in [1.82, 2.24) is 31.2 Å². The maximum atomic E-state index is 15.2. The number of carbonyl (C=O) groups excluding carboxylic acids is 8. The van der Waals surface area contributed by atoms with Crippen LogP contribution in [-0.2, 0) is 99.9 Å². The summed E-state index contributed by atoms with van der Waals surface area (Å²) in [5.41, 5.74) is 5.71. The van der Waals surface area contributed by atoms with E-state index in [0.29, 0.717) is 33.4 Å². The number of benzene rings is 6. The number of hydrogen-bond donors (Lipinski definition) is 7. The minimum absolute atomic E-state index is 0.00238. The molecule has 0 radical (unpaired) electrons. The third-order valence-electron chi connectivity index (χ3n) is 16.8. The van der Waals surface area contributed by atoms with Gasteiger partial charge in [0.25, 0.3) is 11.8 Å². The molecule has 4 amide bonds. The molecule has 27 heteroatoms. The lowest BCUT2D eigenvalue weighted by Crippen LogP contribution is -2.50. The Morgan fingerprint density at radius 3 is 1.07 bits per heavy atom. The van der Waals surface area contributed by atoms with Crippen molar-refractivity contribution in [2.45, 2.75) is 104 Å². The molecule has 8 aromatic rings. The zero-order valence-corrected chi connectivity index (χ0v) is 57.7. The maximum Gasteiger partial charge on any atom is 0.472 e. The largest absolute Gasteiger partial charge is 0.481 e. The third-order valence-corrected chi connectivity index (χ3v) is 17.7. The van der Waals surface area contributed by atoms with Gasteiger partial charge in [-0.25, -0.2) is 23.7 Å². The average molecular weight is 1410 g/mol. The van der Waals surface area contributed by atoms with Gasteiger partial charge in [-0.1, -0.05) is 72.8 Å². The van der Waals surface area contributed by atoms with Crippen LogP contribution in [0.2, 0.25) is 0 Å². The maximum absolute atomic E-state index is 15.2. The molecule has 2 aliphatic heterocycles. The number of phosphoric ester groups is 1. The molecule has 26 nitrogen and oxygen atoms in total. The number of amides is 4. The van der Waals surface area contributed by atoms with Crippen molar-refractivity contribution in [2.75, 3.05) is 66.1 Å². The Morgan fingerprint density at radius 1 is 0.446 bits per heavy atom. The van der Waals surface area contributed by atoms with Crippen molar-refractivity contribution in [3.8, 4) is 23.0 Å². The van der Waals surface area contributed by atoms with Crippen LogP contribution in [0.1, 0.15) is 118 Å². The lowest BCUT2D eigenvalue weighted by Gasteiger charge is -2.25. The van der Waals surface area contributed by atoms with Gasteiger partial charge in [0.05, 0.1) is 51.7 Å². The normalized spacial score (nSPS) is 18.4. The van der Waals surface area contributed by atoms with E-state index in [-0.39, 0.29) is 121 Å². The highest BCUT2D eigenvalue weighted by atomic mass is 31.2. The highest BCUT2D eigenvalue weighted by molar-refractivity contribution is 7.47. The minimum Gasteiger partial charge on any atom is -0.481 e. The van der Waals surface area contributed by atoms with Crippen LogP contribution in [0.15, 0.2) is 122 Å². The van der Waals surface area contributed by atoms with E-state index in [1.807, 2.05) is 48.5 Å². The number of fused-ring (bicyclic) bond motifs is 18. The second kappa shape index (κ2) is 34.0. The summed E-state index contributed by atoms with van der Waals surface area (Å²) >= 11 is 0. The van der Waals surface area contributed by atoms with Gasteiger partial charge in [-0.15, -0.1) is 0 Å². The zero-order chi connectivity index (χ0) is 71.7. The van der Waals surface area contributed by atoms with Gasteiger partial charge in [-0.2, -0.15) is 0 Å². The van der Waals surface area contributed by atoms with Crippen molar-refractivity contribution in [3.05, 3.63) is 188 Å². The number of hydrogen-bond acceptors (Lipinski definition) is 19. The van der Waals surface area contributed by atoms with Crippen molar-refractivity contribution in [1.29, 1.82) is 0 Å². The van der Waals surface area contributed by atoms with E-state index in [1.165, 1.54) is 38.1 Å². The van der Waals surface area contributed by atoms with E-state index in [4.69, 9.17) is 46.9 Å². The summed E-state index contributed by atoms with van der Waals surface area (Å²) < 4.78 is 72.9. The second-order valence-electron chi connectivity index (χ2n) is 24.1. The number of para-hydroxylation sites is 4. The molecule has 10 bridgehead atoms. The summed E-state index contributed by atoms with van der Waals surface area (Å²) in [5.74, 6) is -5.32. The molecule has 7 N–H and O–H groups in total. The van der Waals surface area contributed by atoms with Gasteiger partial charge in [-0.05, 0) is 146 Å². The lowest BCUT2D eigenvalue weighted by atomic mass is 9.89. The second-order valence-corrected chi connectivity index (χ2v) is 25.6. The van der Waals surface area contributed by atoms with E-state index in [0.717, 1.165) is 21.8 Å². The topological polar surface area (TPSA) is 346 Å². The molecular formula is C74H81N6O20P. The van der Waals surface area contributed by atoms with Gasteiger partial charge < -0.3 is 74.0 Å². The number of phosphoric acid groups is 1. The third kappa shape index (κ3) is 19.1. The van der Waals surface area contributed by atoms with E-state index >= 15 is 9.59 Å². The predicted molar refractivity (Wildman–Crippen MR) is 369 cm³/mol. The summed E-state index contributed by atoms with van der Waals surface area (Å²) in [4.78, 5) is 131. The first-order valence-electron chi connectivity index (χ1n) is 33.3. The monoisotopic (exact) mass is 1400 g/mol. The van der Waals surface area contributed by atoms with Gasteiger partial charge in [0.2, 0.25) is 11.8 Å². The van der Waals surface area contributed by atoms with Crippen LogP contribution in [-0.4, -0.2) is 153 Å². The standard InChI is InChI=1S/C74H81N6O20P/c1-7-91-63(81)39-95-67-45-17-15-18-46(67)26-50-30-54-32-52(70(50)98-42-66(84)94-10-4)28-48-20-16-19-47(68(48)96-40-64(82)92-8-2)27-51-31-53(29-49(25-45)69(51)97-41-65(83)93-9-3)73(87)77-43(5)71(85)79-57(33-55-35-75-61-23-13-11-21-59(55)61)37-99-101(89,90)100-38-58(80-72(86)44(6)78-74(54)88)34-56-36-76-62-24-14-12-22-60(56)62/h11-24,29-32,35-36,43-44,57-58,75-76H,7-10,25-28,33-34,37-42H2,1-6H3,(H,77,87)(H,78,88)(H,79,85)(H,80,86)(H,89,90). The van der Waals surface area contributed by atoms with Gasteiger partial charge in [0.1, 0.15) is 35.1 Å². The molecule has 1 aliphatic carbocycles. The van der Waals surface area contributed by atoms with E-state index in [9.17, 15) is 38.2 Å². The smallest absolute Gasteiger partial charge is 0.472 e. The summed E-state index contributed by atoms with van der Waals surface area (Å²) in [6, 6.07) is 26.5. The lowest BCUT2D eigenvalue weighted by molar-refractivity contribution is -0.146. The van der Waals surface area contributed by atoms with Crippen molar-refractivity contribution < 1.29 is 94.8 Å². The fourth-order valence-electron chi connectivity index (χ4n) is 12.2. The van der Waals surface area contributed by atoms with E-state index in [1.54, 1.807) is 76.5 Å². The van der Waals surface area contributed by atoms with Crippen molar-refractivity contribution in [3.63, 3.8) is 0 Å². The number of rotatable bonds is 20. The fraction of sp³-hybridized carbons (Fsp3) is 0.351. The van der Waals surface area contributed by atoms with E-state index < -0.39 is 119 Å². The van der Waals surface area contributed by atoms with Crippen LogP contribution >= 0.6 is 7.82 Å². The number of aromatic amines is 2. The Bertz CT molecular complexity index is 4070. The Hall–Kier alpha value is -10.5. The minimum atomic E-state index is -5.05. The molecule has 4 atom stereocenters. The Kier molecular flexibility index (Phi) is 24.7. The summed E-state index contributed by atoms with van der Waals surface area (Å²) in [6.07, 6.45) is 2.96. The van der Waals surface area contributed by atoms with Crippen LogP contribution in [0.3, 0.4) is 0 Å². The molecule has 0 saturated heterocycles. The van der Waals surface area contributed by atoms with Crippen LogP contribution in [0.25, 0.3) is 21.8 Å². The molecule has 0 fully saturated rings. The highest BCUT2D eigenvalue weighted by Gasteiger charge is 2.32. The van der Waals surface area contributed by atoms with Gasteiger partial charge in [0, 0.05) is 71.0 Å². The Labute approximate surface area is 582 Å². The number of nitrogens with one attached hydrogen (secondary N) is 6. The molecule has 2 aromatic heterocycles. The first-order valence-corrected chi connectivity index (χ1v) is 34.8. The summed E-state index contributed by atoms with van der Waals surface area (Å²) in [7, 11) is -5.05. The average Bonchev–Trinajstić information content (AvgIpc) is 1.50. The molecule has 4 unspecified atom stereocenters. The molecule has 0 saturated carbocycles. The molecular weight excluding hydrogens is 1320 g/mol. The Balaban J connectivity index is 1.18. The van der Waals surface area contributed by atoms with Crippen molar-refractivity contribution >= 4 is 77.1 Å². The van der Waals surface area contributed by atoms with Crippen LogP contribution < -0.4 is 40.2 Å². The molecule has 0 spiro atoms. The molecule has 4 heterocycles. The molecule has 532 valence electrons. The molecule has 6 aromatic carbocycles. The summed E-state index contributed by atoms with van der Waals surface area (Å²) in [6.45, 7) is 5.98. The van der Waals surface area contributed by atoms with Gasteiger partial charge >= 0.3 is 31.7 Å². The quantitative estimate of drug-likeness (QED) is 0.0165. The number of ether oxygens (including phenoxy) is 8. The highest BCUT2D eigenvalue weighted by Crippen LogP contribution is 2.44. The summed E-state index contributed by atoms with van der Waals surface area (Å²) in [5, 5.41) is 13.1. The first kappa shape index (κ1) is 73.2. The van der Waals surface area contributed by atoms with Gasteiger partial charge in [0.15, 0.2) is 26.4 Å². The van der Waals surface area contributed by atoms with Crippen LogP contribution in [0.4, 0.5) is 0 Å². The SMILES string of the molecule is CCOC(=O)COc1c2cccc1Cc1cc3cc(c1OCC(=O)OCC)Cc1cccc(c1OCC(=O)OCC)Cc1cc(cc(c1OCC(=O)OCC)C2)C(=O)NC(C)C(=O)NC(Cc1c[nH]c2ccccc12)COP(=O)(O)OCC(Cc1c[nH]c2ccccc12)NC(=O)C(C)NC3=O. The number of aromatic nitrogens is 2. The zero-order valence-electron chi connectivity index (χ0n) is 56.8.